The van der Waals surface area contributed by atoms with E-state index in [0.29, 0.717) is 11.5 Å². The number of hydrogen-bond acceptors (Lipinski definition) is 6. The van der Waals surface area contributed by atoms with Crippen molar-refractivity contribution in [1.29, 1.82) is 0 Å². The Balaban J connectivity index is 1.66. The van der Waals surface area contributed by atoms with Crippen LogP contribution in [0.2, 0.25) is 0 Å². The Kier molecular flexibility index (Phi) is 7.03. The zero-order valence-electron chi connectivity index (χ0n) is 20.4. The predicted octanol–water partition coefficient (Wildman–Crippen LogP) is 5.65. The van der Waals surface area contributed by atoms with Gasteiger partial charge in [0.1, 0.15) is 28.5 Å². The average Bonchev–Trinajstić information content (AvgIpc) is 2.85. The highest BCUT2D eigenvalue weighted by Gasteiger charge is 2.19. The van der Waals surface area contributed by atoms with Gasteiger partial charge in [0.25, 0.3) is 5.56 Å². The minimum absolute atomic E-state index is 0.170. The van der Waals surface area contributed by atoms with Crippen molar-refractivity contribution in [1.82, 2.24) is 19.5 Å². The molecule has 180 valence electrons. The average molecular weight is 535 g/mol. The second kappa shape index (κ2) is 10.00. The van der Waals surface area contributed by atoms with E-state index in [1.54, 1.807) is 24.8 Å². The first-order valence-electron chi connectivity index (χ1n) is 11.2. The highest BCUT2D eigenvalue weighted by atomic mass is 79.9. The highest BCUT2D eigenvalue weighted by Crippen LogP contribution is 2.26. The molecule has 0 aliphatic rings. The van der Waals surface area contributed by atoms with Gasteiger partial charge in [-0.2, -0.15) is 4.98 Å². The fourth-order valence-electron chi connectivity index (χ4n) is 3.58. The molecule has 0 atom stereocenters. The van der Waals surface area contributed by atoms with Crippen LogP contribution in [0, 0.1) is 6.92 Å². The third kappa shape index (κ3) is 5.43. The van der Waals surface area contributed by atoms with Crippen molar-refractivity contribution in [2.24, 2.45) is 0 Å². The van der Waals surface area contributed by atoms with E-state index in [0.717, 1.165) is 28.4 Å². The summed E-state index contributed by atoms with van der Waals surface area (Å²) in [5.41, 5.74) is 2.85. The molecule has 0 amide bonds. The lowest BCUT2D eigenvalue weighted by molar-refractivity contribution is 0.288. The van der Waals surface area contributed by atoms with Crippen LogP contribution in [0.1, 0.15) is 38.0 Å². The van der Waals surface area contributed by atoms with Crippen LogP contribution in [-0.2, 0) is 12.0 Å². The number of methoxy groups -OCH3 is 1. The van der Waals surface area contributed by atoms with Crippen LogP contribution < -0.4 is 15.0 Å². The van der Waals surface area contributed by atoms with Gasteiger partial charge in [-0.05, 0) is 58.7 Å². The molecular formula is C27H27BrN4O3. The number of aromatic nitrogens is 4. The van der Waals surface area contributed by atoms with Gasteiger partial charge >= 0.3 is 0 Å². The van der Waals surface area contributed by atoms with Crippen LogP contribution >= 0.6 is 15.9 Å². The van der Waals surface area contributed by atoms with E-state index in [9.17, 15) is 4.79 Å². The molecule has 0 aliphatic carbocycles. The van der Waals surface area contributed by atoms with Gasteiger partial charge in [-0.25, -0.2) is 9.97 Å². The van der Waals surface area contributed by atoms with Crippen molar-refractivity contribution < 1.29 is 9.47 Å². The molecule has 0 radical (unpaired) electrons. The summed E-state index contributed by atoms with van der Waals surface area (Å²) in [4.78, 5) is 27.0. The number of hydrogen-bond donors (Lipinski definition) is 0. The topological polar surface area (TPSA) is 79.1 Å². The quantitative estimate of drug-likeness (QED) is 0.318. The third-order valence-corrected chi connectivity index (χ3v) is 6.08. The number of nitrogens with zero attached hydrogens (tertiary/aromatic N) is 4. The normalized spacial score (nSPS) is 11.4. The zero-order valence-corrected chi connectivity index (χ0v) is 22.0. The molecule has 0 fully saturated rings. The number of benzene rings is 2. The summed E-state index contributed by atoms with van der Waals surface area (Å²) in [5.74, 6) is 2.25. The molecule has 4 aromatic rings. The molecule has 2 aromatic heterocycles. The van der Waals surface area contributed by atoms with E-state index in [2.05, 4.69) is 46.7 Å². The molecule has 0 aliphatic heterocycles. The van der Waals surface area contributed by atoms with Crippen molar-refractivity contribution in [3.63, 3.8) is 0 Å². The van der Waals surface area contributed by atoms with E-state index >= 15 is 0 Å². The van der Waals surface area contributed by atoms with E-state index < -0.39 is 0 Å². The monoisotopic (exact) mass is 534 g/mol. The third-order valence-electron chi connectivity index (χ3n) is 5.40. The van der Waals surface area contributed by atoms with E-state index in [-0.39, 0.29) is 27.9 Å². The molecule has 2 heterocycles. The molecule has 0 saturated carbocycles. The first-order chi connectivity index (χ1) is 16.7. The molecule has 0 bridgehead atoms. The Hall–Kier alpha value is -3.52. The summed E-state index contributed by atoms with van der Waals surface area (Å²) < 4.78 is 12.9. The summed E-state index contributed by atoms with van der Waals surface area (Å²) in [5, 5.41) is 0. The lowest BCUT2D eigenvalue weighted by Crippen LogP contribution is -2.23. The van der Waals surface area contributed by atoms with Crippen LogP contribution in [0.25, 0.3) is 16.9 Å². The Morgan fingerprint density at radius 3 is 2.54 bits per heavy atom. The second-order valence-corrected chi connectivity index (χ2v) is 9.92. The predicted molar refractivity (Wildman–Crippen MR) is 139 cm³/mol. The lowest BCUT2D eigenvalue weighted by Gasteiger charge is -2.17. The molecule has 8 heteroatoms. The molecule has 4 rings (SSSR count). The van der Waals surface area contributed by atoms with Gasteiger partial charge in [0, 0.05) is 17.2 Å². The van der Waals surface area contributed by atoms with Gasteiger partial charge in [0.2, 0.25) is 5.88 Å². The largest absolute Gasteiger partial charge is 0.497 e. The molecular weight excluding hydrogens is 508 g/mol. The molecule has 35 heavy (non-hydrogen) atoms. The maximum atomic E-state index is 13.3. The number of aryl methyl sites for hydroxylation is 1. The van der Waals surface area contributed by atoms with Crippen molar-refractivity contribution in [2.75, 3.05) is 7.11 Å². The number of halogens is 1. The SMILES string of the molecule is COc1cccc(COc2nc(C)n(-c3cccc(-c4ccnc(C(C)(C)C)n4)c3)c(=O)c2Br)c1. The van der Waals surface area contributed by atoms with Crippen molar-refractivity contribution in [3.05, 3.63) is 92.8 Å². The lowest BCUT2D eigenvalue weighted by atomic mass is 9.95. The zero-order chi connectivity index (χ0) is 25.2. The Bertz CT molecular complexity index is 1430. The van der Waals surface area contributed by atoms with E-state index in [1.165, 1.54) is 0 Å². The van der Waals surface area contributed by atoms with Crippen LogP contribution in [-0.4, -0.2) is 26.6 Å². The smallest absolute Gasteiger partial charge is 0.276 e. The molecule has 7 nitrogen and oxygen atoms in total. The van der Waals surface area contributed by atoms with Gasteiger partial charge in [-0.15, -0.1) is 0 Å². The highest BCUT2D eigenvalue weighted by molar-refractivity contribution is 9.10. The fraction of sp³-hybridized carbons (Fsp3) is 0.259. The van der Waals surface area contributed by atoms with Crippen molar-refractivity contribution in [3.8, 4) is 28.6 Å². The summed E-state index contributed by atoms with van der Waals surface area (Å²) >= 11 is 3.39. The van der Waals surface area contributed by atoms with Gasteiger partial charge < -0.3 is 9.47 Å². The second-order valence-electron chi connectivity index (χ2n) is 9.12. The van der Waals surface area contributed by atoms with Crippen LogP contribution in [0.5, 0.6) is 11.6 Å². The minimum Gasteiger partial charge on any atom is -0.497 e. The first kappa shape index (κ1) is 24.6. The van der Waals surface area contributed by atoms with Crippen molar-refractivity contribution in [2.45, 2.75) is 39.7 Å². The Morgan fingerprint density at radius 1 is 1.03 bits per heavy atom. The standard InChI is InChI=1S/C27H27BrN4O3/c1-17-30-24(35-16-18-8-6-11-21(14-18)34-5)23(28)25(33)32(17)20-10-7-9-19(15-20)22-12-13-29-26(31-22)27(2,3)4/h6-15H,16H2,1-5H3. The van der Waals surface area contributed by atoms with Crippen LogP contribution in [0.4, 0.5) is 0 Å². The molecule has 2 aromatic carbocycles. The number of rotatable bonds is 6. The molecule has 0 N–H and O–H groups in total. The van der Waals surface area contributed by atoms with Gasteiger partial charge in [-0.3, -0.25) is 9.36 Å². The summed E-state index contributed by atoms with van der Waals surface area (Å²) in [7, 11) is 1.62. The van der Waals surface area contributed by atoms with Crippen molar-refractivity contribution >= 4 is 15.9 Å². The van der Waals surface area contributed by atoms with Gasteiger partial charge in [0.15, 0.2) is 0 Å². The first-order valence-corrected chi connectivity index (χ1v) is 12.0. The maximum absolute atomic E-state index is 13.3. The van der Waals surface area contributed by atoms with Gasteiger partial charge in [0.05, 0.1) is 18.5 Å². The fourth-order valence-corrected chi connectivity index (χ4v) is 3.96. The van der Waals surface area contributed by atoms with Crippen LogP contribution in [0.15, 0.2) is 70.1 Å². The van der Waals surface area contributed by atoms with Crippen LogP contribution in [0.3, 0.4) is 0 Å². The van der Waals surface area contributed by atoms with E-state index in [1.807, 2.05) is 54.6 Å². The summed E-state index contributed by atoms with van der Waals surface area (Å²) in [6, 6.07) is 17.1. The maximum Gasteiger partial charge on any atom is 0.276 e. The molecule has 0 unspecified atom stereocenters. The Morgan fingerprint density at radius 2 is 1.80 bits per heavy atom. The Labute approximate surface area is 213 Å². The molecule has 0 spiro atoms. The molecule has 0 saturated heterocycles. The van der Waals surface area contributed by atoms with Gasteiger partial charge in [-0.1, -0.05) is 45.0 Å². The van der Waals surface area contributed by atoms with E-state index in [4.69, 9.17) is 14.5 Å². The summed E-state index contributed by atoms with van der Waals surface area (Å²) in [6.07, 6.45) is 1.76. The summed E-state index contributed by atoms with van der Waals surface area (Å²) in [6.45, 7) is 8.26. The minimum atomic E-state index is -0.256. The number of ether oxygens (including phenoxy) is 2.